The maximum atomic E-state index is 12.3. The molecule has 0 radical (unpaired) electrons. The minimum absolute atomic E-state index is 0.0318. The summed E-state index contributed by atoms with van der Waals surface area (Å²) in [6, 6.07) is 5.18. The largest absolute Gasteiger partial charge is 0.469 e. The fourth-order valence-corrected chi connectivity index (χ4v) is 4.11. The SMILES string of the molecule is COC(=O)C1CC(NC(=O)c2csc(-c3c(Cl)cccc3Cl)n2)C1. The standard InChI is InChI=1S/C16H14Cl2N2O3S/c1-23-16(22)8-5-9(6-8)19-14(21)12-7-24-15(20-12)13-10(17)3-2-4-11(13)18/h2-4,7-9H,5-6H2,1H3,(H,19,21). The molecule has 1 aromatic carbocycles. The summed E-state index contributed by atoms with van der Waals surface area (Å²) in [6.07, 6.45) is 1.18. The Bertz CT molecular complexity index is 767. The topological polar surface area (TPSA) is 68.3 Å². The van der Waals surface area contributed by atoms with E-state index in [1.165, 1.54) is 18.4 Å². The van der Waals surface area contributed by atoms with Crippen LogP contribution in [0.5, 0.6) is 0 Å². The zero-order valence-electron chi connectivity index (χ0n) is 12.7. The van der Waals surface area contributed by atoms with Gasteiger partial charge in [0.15, 0.2) is 0 Å². The van der Waals surface area contributed by atoms with Gasteiger partial charge in [0.25, 0.3) is 5.91 Å². The van der Waals surface area contributed by atoms with Gasteiger partial charge in [0.2, 0.25) is 0 Å². The van der Waals surface area contributed by atoms with E-state index in [1.54, 1.807) is 23.6 Å². The molecule has 0 saturated heterocycles. The molecule has 1 saturated carbocycles. The van der Waals surface area contributed by atoms with E-state index >= 15 is 0 Å². The molecule has 0 spiro atoms. The zero-order chi connectivity index (χ0) is 17.3. The number of rotatable bonds is 4. The zero-order valence-corrected chi connectivity index (χ0v) is 15.0. The summed E-state index contributed by atoms with van der Waals surface area (Å²) in [6.45, 7) is 0. The summed E-state index contributed by atoms with van der Waals surface area (Å²) < 4.78 is 4.68. The molecular formula is C16H14Cl2N2O3S. The molecular weight excluding hydrogens is 371 g/mol. The van der Waals surface area contributed by atoms with Gasteiger partial charge in [-0.3, -0.25) is 9.59 Å². The van der Waals surface area contributed by atoms with Crippen LogP contribution in [0, 0.1) is 5.92 Å². The quantitative estimate of drug-likeness (QED) is 0.813. The molecule has 1 fully saturated rings. The average molecular weight is 385 g/mol. The lowest BCUT2D eigenvalue weighted by Gasteiger charge is -2.33. The van der Waals surface area contributed by atoms with Crippen molar-refractivity contribution in [1.29, 1.82) is 0 Å². The molecule has 126 valence electrons. The third-order valence-electron chi connectivity index (χ3n) is 3.92. The number of thiazole rings is 1. The molecule has 0 aliphatic heterocycles. The highest BCUT2D eigenvalue weighted by atomic mass is 35.5. The summed E-state index contributed by atoms with van der Waals surface area (Å²) in [5, 5.41) is 6.11. The number of hydrogen-bond acceptors (Lipinski definition) is 5. The highest BCUT2D eigenvalue weighted by Gasteiger charge is 2.36. The fraction of sp³-hybridized carbons (Fsp3) is 0.312. The minimum Gasteiger partial charge on any atom is -0.469 e. The second kappa shape index (κ2) is 7.09. The van der Waals surface area contributed by atoms with Gasteiger partial charge in [-0.2, -0.15) is 0 Å². The Morgan fingerprint density at radius 3 is 2.58 bits per heavy atom. The van der Waals surface area contributed by atoms with Gasteiger partial charge in [-0.05, 0) is 25.0 Å². The first-order valence-corrected chi connectivity index (χ1v) is 8.91. The molecule has 2 aromatic rings. The number of aromatic nitrogens is 1. The minimum atomic E-state index is -0.269. The Labute approximate surface area is 152 Å². The highest BCUT2D eigenvalue weighted by Crippen LogP contribution is 2.36. The van der Waals surface area contributed by atoms with Crippen LogP contribution in [0.15, 0.2) is 23.6 Å². The van der Waals surface area contributed by atoms with E-state index in [9.17, 15) is 9.59 Å². The number of benzene rings is 1. The average Bonchev–Trinajstić information content (AvgIpc) is 2.99. The van der Waals surface area contributed by atoms with Crippen LogP contribution in [-0.2, 0) is 9.53 Å². The molecule has 24 heavy (non-hydrogen) atoms. The lowest BCUT2D eigenvalue weighted by Crippen LogP contribution is -2.47. The number of carbonyl (C=O) groups is 2. The number of hydrogen-bond donors (Lipinski definition) is 1. The molecule has 0 bridgehead atoms. The van der Waals surface area contributed by atoms with Crippen LogP contribution in [0.2, 0.25) is 10.0 Å². The van der Waals surface area contributed by atoms with E-state index in [4.69, 9.17) is 23.2 Å². The molecule has 3 rings (SSSR count). The van der Waals surface area contributed by atoms with E-state index in [0.29, 0.717) is 39.2 Å². The van der Waals surface area contributed by atoms with Crippen molar-refractivity contribution in [3.05, 3.63) is 39.3 Å². The Morgan fingerprint density at radius 1 is 1.29 bits per heavy atom. The maximum absolute atomic E-state index is 12.3. The van der Waals surface area contributed by atoms with E-state index < -0.39 is 0 Å². The molecule has 1 aromatic heterocycles. The lowest BCUT2D eigenvalue weighted by atomic mass is 9.80. The van der Waals surface area contributed by atoms with Crippen LogP contribution in [0.1, 0.15) is 23.3 Å². The third kappa shape index (κ3) is 3.41. The second-order valence-electron chi connectivity index (χ2n) is 5.50. The van der Waals surface area contributed by atoms with Crippen LogP contribution in [-0.4, -0.2) is 30.0 Å². The molecule has 8 heteroatoms. The van der Waals surface area contributed by atoms with Crippen molar-refractivity contribution in [2.75, 3.05) is 7.11 Å². The first-order chi connectivity index (χ1) is 11.5. The van der Waals surface area contributed by atoms with Crippen molar-refractivity contribution in [2.24, 2.45) is 5.92 Å². The van der Waals surface area contributed by atoms with E-state index in [1.807, 2.05) is 0 Å². The normalized spacial score (nSPS) is 19.5. The summed E-state index contributed by atoms with van der Waals surface area (Å²) >= 11 is 13.6. The van der Waals surface area contributed by atoms with Crippen molar-refractivity contribution in [1.82, 2.24) is 10.3 Å². The maximum Gasteiger partial charge on any atom is 0.308 e. The van der Waals surface area contributed by atoms with Crippen LogP contribution in [0.4, 0.5) is 0 Å². The van der Waals surface area contributed by atoms with Gasteiger partial charge in [-0.15, -0.1) is 11.3 Å². The Balaban J connectivity index is 1.66. The number of methoxy groups -OCH3 is 1. The summed E-state index contributed by atoms with van der Waals surface area (Å²) in [4.78, 5) is 27.9. The van der Waals surface area contributed by atoms with Crippen molar-refractivity contribution in [2.45, 2.75) is 18.9 Å². The number of nitrogens with zero attached hydrogens (tertiary/aromatic N) is 1. The monoisotopic (exact) mass is 384 g/mol. The number of carbonyl (C=O) groups excluding carboxylic acids is 2. The Hall–Kier alpha value is -1.63. The smallest absolute Gasteiger partial charge is 0.308 e. The van der Waals surface area contributed by atoms with Gasteiger partial charge >= 0.3 is 5.97 Å². The highest BCUT2D eigenvalue weighted by molar-refractivity contribution is 7.13. The molecule has 5 nitrogen and oxygen atoms in total. The number of amides is 1. The number of esters is 1. The van der Waals surface area contributed by atoms with Crippen LogP contribution in [0.25, 0.3) is 10.6 Å². The number of nitrogens with one attached hydrogen (secondary N) is 1. The van der Waals surface area contributed by atoms with E-state index in [2.05, 4.69) is 15.0 Å². The predicted molar refractivity (Wildman–Crippen MR) is 93.6 cm³/mol. The van der Waals surface area contributed by atoms with Gasteiger partial charge in [0.1, 0.15) is 10.7 Å². The van der Waals surface area contributed by atoms with Crippen molar-refractivity contribution >= 4 is 46.4 Å². The van der Waals surface area contributed by atoms with Crippen molar-refractivity contribution in [3.8, 4) is 10.6 Å². The number of ether oxygens (including phenoxy) is 1. The molecule has 1 heterocycles. The Kier molecular flexibility index (Phi) is 5.08. The van der Waals surface area contributed by atoms with Gasteiger partial charge in [0, 0.05) is 17.0 Å². The molecule has 0 unspecified atom stereocenters. The summed E-state index contributed by atoms with van der Waals surface area (Å²) in [5.74, 6) is -0.632. The molecule has 1 N–H and O–H groups in total. The van der Waals surface area contributed by atoms with Crippen LogP contribution >= 0.6 is 34.5 Å². The summed E-state index contributed by atoms with van der Waals surface area (Å²) in [5.41, 5.74) is 0.937. The first-order valence-electron chi connectivity index (χ1n) is 7.28. The van der Waals surface area contributed by atoms with Gasteiger partial charge in [-0.1, -0.05) is 29.3 Å². The Morgan fingerprint density at radius 2 is 1.96 bits per heavy atom. The van der Waals surface area contributed by atoms with Gasteiger partial charge < -0.3 is 10.1 Å². The molecule has 1 aliphatic carbocycles. The third-order valence-corrected chi connectivity index (χ3v) is 5.41. The van der Waals surface area contributed by atoms with Crippen LogP contribution in [0.3, 0.4) is 0 Å². The van der Waals surface area contributed by atoms with Crippen molar-refractivity contribution in [3.63, 3.8) is 0 Å². The number of halogens is 2. The van der Waals surface area contributed by atoms with E-state index in [-0.39, 0.29) is 23.8 Å². The second-order valence-corrected chi connectivity index (χ2v) is 7.17. The first kappa shape index (κ1) is 17.2. The molecule has 0 atom stereocenters. The molecule has 1 amide bonds. The fourth-order valence-electron chi connectivity index (χ4n) is 2.55. The van der Waals surface area contributed by atoms with Crippen molar-refractivity contribution < 1.29 is 14.3 Å². The lowest BCUT2D eigenvalue weighted by molar-refractivity contribution is -0.149. The van der Waals surface area contributed by atoms with Gasteiger partial charge in [0.05, 0.1) is 23.1 Å². The van der Waals surface area contributed by atoms with Gasteiger partial charge in [-0.25, -0.2) is 4.98 Å². The molecule has 1 aliphatic rings. The predicted octanol–water partition coefficient (Wildman–Crippen LogP) is 3.80. The van der Waals surface area contributed by atoms with Crippen LogP contribution < -0.4 is 5.32 Å². The summed E-state index contributed by atoms with van der Waals surface area (Å²) in [7, 11) is 1.37. The van der Waals surface area contributed by atoms with E-state index in [0.717, 1.165) is 0 Å².